The minimum atomic E-state index is -0.382. The van der Waals surface area contributed by atoms with Crippen LogP contribution in [0.4, 0.5) is 4.39 Å². The topological polar surface area (TPSA) is 40.6 Å². The first-order chi connectivity index (χ1) is 12.4. The van der Waals surface area contributed by atoms with Gasteiger partial charge in [-0.05, 0) is 42.3 Å². The molecule has 26 heavy (non-hydrogen) atoms. The number of carbonyl (C=O) groups is 2. The van der Waals surface area contributed by atoms with Crippen LogP contribution >= 0.6 is 11.6 Å². The van der Waals surface area contributed by atoms with E-state index in [1.807, 2.05) is 12.1 Å². The van der Waals surface area contributed by atoms with Crippen LogP contribution in [0, 0.1) is 12.7 Å². The number of hydrogen-bond acceptors (Lipinski definition) is 2. The summed E-state index contributed by atoms with van der Waals surface area (Å²) in [6.45, 7) is 3.51. The van der Waals surface area contributed by atoms with Gasteiger partial charge < -0.3 is 9.80 Å². The molecule has 0 atom stereocenters. The largest absolute Gasteiger partial charge is 0.339 e. The Morgan fingerprint density at radius 3 is 2.23 bits per heavy atom. The Morgan fingerprint density at radius 2 is 1.62 bits per heavy atom. The molecule has 0 unspecified atom stereocenters. The number of halogens is 2. The van der Waals surface area contributed by atoms with Crippen molar-refractivity contribution in [2.24, 2.45) is 0 Å². The molecule has 3 rings (SSSR count). The summed E-state index contributed by atoms with van der Waals surface area (Å²) in [4.78, 5) is 28.3. The van der Waals surface area contributed by atoms with E-state index < -0.39 is 0 Å². The molecular formula is C20H20ClFN2O2. The van der Waals surface area contributed by atoms with Crippen LogP contribution in [0.25, 0.3) is 0 Å². The van der Waals surface area contributed by atoms with Gasteiger partial charge in [-0.3, -0.25) is 9.59 Å². The SMILES string of the molecule is Cc1ccc(C(=O)N2CCN(C(=O)Cc3ccc(Cl)cc3)CC2)cc1F. The molecule has 0 bridgehead atoms. The van der Waals surface area contributed by atoms with Gasteiger partial charge in [0.15, 0.2) is 0 Å². The molecule has 136 valence electrons. The van der Waals surface area contributed by atoms with Crippen molar-refractivity contribution in [2.45, 2.75) is 13.3 Å². The predicted octanol–water partition coefficient (Wildman–Crippen LogP) is 3.31. The first kappa shape index (κ1) is 18.4. The molecule has 0 N–H and O–H groups in total. The first-order valence-corrected chi connectivity index (χ1v) is 8.89. The summed E-state index contributed by atoms with van der Waals surface area (Å²) >= 11 is 5.86. The maximum atomic E-state index is 13.7. The summed E-state index contributed by atoms with van der Waals surface area (Å²) in [6, 6.07) is 11.7. The van der Waals surface area contributed by atoms with Crippen molar-refractivity contribution in [3.8, 4) is 0 Å². The monoisotopic (exact) mass is 374 g/mol. The van der Waals surface area contributed by atoms with Gasteiger partial charge in [0.2, 0.25) is 5.91 Å². The number of rotatable bonds is 3. The molecular weight excluding hydrogens is 355 g/mol. The summed E-state index contributed by atoms with van der Waals surface area (Å²) in [7, 11) is 0. The lowest BCUT2D eigenvalue weighted by Gasteiger charge is -2.35. The Kier molecular flexibility index (Phi) is 5.57. The molecule has 4 nitrogen and oxygen atoms in total. The fourth-order valence-corrected chi connectivity index (χ4v) is 3.08. The van der Waals surface area contributed by atoms with Crippen LogP contribution in [0.2, 0.25) is 5.02 Å². The highest BCUT2D eigenvalue weighted by Gasteiger charge is 2.25. The van der Waals surface area contributed by atoms with Gasteiger partial charge in [-0.15, -0.1) is 0 Å². The van der Waals surface area contributed by atoms with Crippen molar-refractivity contribution in [1.29, 1.82) is 0 Å². The number of piperazine rings is 1. The zero-order chi connectivity index (χ0) is 18.7. The second-order valence-electron chi connectivity index (χ2n) is 6.44. The first-order valence-electron chi connectivity index (χ1n) is 8.51. The molecule has 2 aromatic rings. The molecule has 0 radical (unpaired) electrons. The molecule has 1 aliphatic rings. The molecule has 2 aromatic carbocycles. The fraction of sp³-hybridized carbons (Fsp3) is 0.300. The van der Waals surface area contributed by atoms with Crippen molar-refractivity contribution in [3.63, 3.8) is 0 Å². The van der Waals surface area contributed by atoms with Crippen molar-refractivity contribution in [2.75, 3.05) is 26.2 Å². The molecule has 1 aliphatic heterocycles. The third-order valence-corrected chi connectivity index (χ3v) is 4.86. The van der Waals surface area contributed by atoms with E-state index in [1.165, 1.54) is 6.07 Å². The standard InChI is InChI=1S/C20H20ClFN2O2/c1-14-2-5-16(13-18(14)22)20(26)24-10-8-23(9-11-24)19(25)12-15-3-6-17(21)7-4-15/h2-7,13H,8-12H2,1H3. The lowest BCUT2D eigenvalue weighted by molar-refractivity contribution is -0.131. The zero-order valence-electron chi connectivity index (χ0n) is 14.5. The molecule has 0 aromatic heterocycles. The Bertz CT molecular complexity index is 815. The Balaban J connectivity index is 1.56. The van der Waals surface area contributed by atoms with Crippen molar-refractivity contribution in [1.82, 2.24) is 9.80 Å². The minimum absolute atomic E-state index is 0.0285. The van der Waals surface area contributed by atoms with Crippen LogP contribution in [0.15, 0.2) is 42.5 Å². The van der Waals surface area contributed by atoms with Crippen LogP contribution in [-0.4, -0.2) is 47.8 Å². The summed E-state index contributed by atoms with van der Waals surface area (Å²) in [5, 5.41) is 0.640. The summed E-state index contributed by atoms with van der Waals surface area (Å²) in [5.74, 6) is -0.554. The maximum absolute atomic E-state index is 13.7. The second kappa shape index (κ2) is 7.87. The van der Waals surface area contributed by atoms with Gasteiger partial charge in [-0.25, -0.2) is 4.39 Å². The average Bonchev–Trinajstić information content (AvgIpc) is 2.65. The number of hydrogen-bond donors (Lipinski definition) is 0. The van der Waals surface area contributed by atoms with E-state index >= 15 is 0 Å². The number of carbonyl (C=O) groups excluding carboxylic acids is 2. The molecule has 1 fully saturated rings. The lowest BCUT2D eigenvalue weighted by Crippen LogP contribution is -2.51. The molecule has 2 amide bonds. The Hall–Kier alpha value is -2.40. The van der Waals surface area contributed by atoms with Crippen LogP contribution < -0.4 is 0 Å². The van der Waals surface area contributed by atoms with E-state index in [9.17, 15) is 14.0 Å². The summed E-state index contributed by atoms with van der Waals surface area (Å²) in [5.41, 5.74) is 1.77. The number of amides is 2. The molecule has 0 saturated carbocycles. The Labute approximate surface area is 157 Å². The summed E-state index contributed by atoms with van der Waals surface area (Å²) < 4.78 is 13.7. The van der Waals surface area contributed by atoms with E-state index in [4.69, 9.17) is 11.6 Å². The molecule has 1 saturated heterocycles. The third kappa shape index (κ3) is 4.22. The predicted molar refractivity (Wildman–Crippen MR) is 98.8 cm³/mol. The number of benzene rings is 2. The van der Waals surface area contributed by atoms with E-state index in [2.05, 4.69) is 0 Å². The highest BCUT2D eigenvalue weighted by atomic mass is 35.5. The van der Waals surface area contributed by atoms with E-state index in [1.54, 1.807) is 41.0 Å². The fourth-order valence-electron chi connectivity index (χ4n) is 2.96. The molecule has 0 spiro atoms. The molecule has 6 heteroatoms. The number of aryl methyl sites for hydroxylation is 1. The van der Waals surface area contributed by atoms with Gasteiger partial charge in [0.05, 0.1) is 6.42 Å². The van der Waals surface area contributed by atoms with Crippen molar-refractivity contribution < 1.29 is 14.0 Å². The number of nitrogens with zero attached hydrogens (tertiary/aromatic N) is 2. The smallest absolute Gasteiger partial charge is 0.254 e. The van der Waals surface area contributed by atoms with Crippen LogP contribution in [0.1, 0.15) is 21.5 Å². The third-order valence-electron chi connectivity index (χ3n) is 4.61. The quantitative estimate of drug-likeness (QED) is 0.827. The van der Waals surface area contributed by atoms with E-state index in [-0.39, 0.29) is 17.6 Å². The van der Waals surface area contributed by atoms with Gasteiger partial charge in [0.25, 0.3) is 5.91 Å². The average molecular weight is 375 g/mol. The van der Waals surface area contributed by atoms with E-state index in [0.29, 0.717) is 48.7 Å². The van der Waals surface area contributed by atoms with E-state index in [0.717, 1.165) is 5.56 Å². The van der Waals surface area contributed by atoms with Crippen LogP contribution in [0.3, 0.4) is 0 Å². The van der Waals surface area contributed by atoms with Crippen LogP contribution in [-0.2, 0) is 11.2 Å². The van der Waals surface area contributed by atoms with Crippen molar-refractivity contribution in [3.05, 3.63) is 70.0 Å². The molecule has 1 heterocycles. The highest BCUT2D eigenvalue weighted by Crippen LogP contribution is 2.15. The van der Waals surface area contributed by atoms with Gasteiger partial charge in [0, 0.05) is 36.8 Å². The van der Waals surface area contributed by atoms with Crippen molar-refractivity contribution >= 4 is 23.4 Å². The Morgan fingerprint density at radius 1 is 1.00 bits per heavy atom. The molecule has 0 aliphatic carbocycles. The van der Waals surface area contributed by atoms with Gasteiger partial charge in [-0.2, -0.15) is 0 Å². The highest BCUT2D eigenvalue weighted by molar-refractivity contribution is 6.30. The lowest BCUT2D eigenvalue weighted by atomic mass is 10.1. The van der Waals surface area contributed by atoms with Gasteiger partial charge in [-0.1, -0.05) is 29.8 Å². The maximum Gasteiger partial charge on any atom is 0.254 e. The normalized spacial score (nSPS) is 14.4. The second-order valence-corrected chi connectivity index (χ2v) is 6.88. The zero-order valence-corrected chi connectivity index (χ0v) is 15.3. The van der Waals surface area contributed by atoms with Gasteiger partial charge in [0.1, 0.15) is 5.82 Å². The summed E-state index contributed by atoms with van der Waals surface area (Å²) in [6.07, 6.45) is 0.314. The minimum Gasteiger partial charge on any atom is -0.339 e. The van der Waals surface area contributed by atoms with Crippen LogP contribution in [0.5, 0.6) is 0 Å². The van der Waals surface area contributed by atoms with Gasteiger partial charge >= 0.3 is 0 Å².